The van der Waals surface area contributed by atoms with Crippen LogP contribution in [0.2, 0.25) is 0 Å². The highest BCUT2D eigenvalue weighted by Gasteiger charge is 2.34. The minimum Gasteiger partial charge on any atom is -0.404 e. The third-order valence-corrected chi connectivity index (χ3v) is 6.60. The molecule has 0 atom stereocenters. The van der Waals surface area contributed by atoms with Gasteiger partial charge in [-0.05, 0) is 35.9 Å². The topological polar surface area (TPSA) is 36.0 Å². The van der Waals surface area contributed by atoms with Crippen LogP contribution >= 0.6 is 0 Å². The summed E-state index contributed by atoms with van der Waals surface area (Å²) in [6.45, 7) is 2.09. The molecule has 1 saturated heterocycles. The summed E-state index contributed by atoms with van der Waals surface area (Å²) in [4.78, 5) is 18.4. The lowest BCUT2D eigenvalue weighted by Gasteiger charge is -2.35. The van der Waals surface area contributed by atoms with E-state index in [0.29, 0.717) is 38.3 Å². The van der Waals surface area contributed by atoms with Crippen molar-refractivity contribution in [2.45, 2.75) is 12.9 Å². The van der Waals surface area contributed by atoms with Gasteiger partial charge in [-0.25, -0.2) is 8.78 Å². The zero-order valence-corrected chi connectivity index (χ0v) is 20.2. The van der Waals surface area contributed by atoms with Crippen LogP contribution in [0.3, 0.4) is 0 Å². The van der Waals surface area contributed by atoms with Crippen LogP contribution in [-0.4, -0.2) is 54.8 Å². The molecule has 2 aliphatic heterocycles. The largest absolute Gasteiger partial charge is 0.573 e. The Morgan fingerprint density at radius 3 is 2.39 bits per heavy atom. The van der Waals surface area contributed by atoms with E-state index < -0.39 is 29.7 Å². The fraction of sp³-hybridized carbons (Fsp3) is 0.250. The number of anilines is 2. The van der Waals surface area contributed by atoms with E-state index in [1.165, 1.54) is 24.3 Å². The Kier molecular flexibility index (Phi) is 7.07. The molecule has 0 aromatic heterocycles. The van der Waals surface area contributed by atoms with Gasteiger partial charge >= 0.3 is 6.36 Å². The van der Waals surface area contributed by atoms with Crippen LogP contribution in [0.15, 0.2) is 66.7 Å². The van der Waals surface area contributed by atoms with Crippen LogP contribution in [0, 0.1) is 11.6 Å². The first-order valence-corrected chi connectivity index (χ1v) is 12.1. The smallest absolute Gasteiger partial charge is 0.404 e. The molecule has 10 heteroatoms. The Bertz CT molecular complexity index is 1370. The first-order chi connectivity index (χ1) is 18.2. The maximum Gasteiger partial charge on any atom is 0.573 e. The summed E-state index contributed by atoms with van der Waals surface area (Å²) < 4.78 is 71.6. The van der Waals surface area contributed by atoms with Crippen LogP contribution in [-0.2, 0) is 6.54 Å². The number of hydrogen-bond acceptors (Lipinski definition) is 4. The molecule has 198 valence electrons. The monoisotopic (exact) mass is 529 g/mol. The van der Waals surface area contributed by atoms with E-state index in [4.69, 9.17) is 0 Å². The first kappa shape index (κ1) is 25.7. The summed E-state index contributed by atoms with van der Waals surface area (Å²) in [5.41, 5.74) is 2.21. The van der Waals surface area contributed by atoms with Gasteiger partial charge in [-0.15, -0.1) is 13.2 Å². The molecule has 0 unspecified atom stereocenters. The van der Waals surface area contributed by atoms with Gasteiger partial charge in [0.15, 0.2) is 5.75 Å². The summed E-state index contributed by atoms with van der Waals surface area (Å²) in [7, 11) is 0. The molecule has 0 aliphatic carbocycles. The molecule has 3 aromatic rings. The predicted molar refractivity (Wildman–Crippen MR) is 133 cm³/mol. The number of rotatable bonds is 5. The maximum atomic E-state index is 14.0. The lowest BCUT2D eigenvalue weighted by Crippen LogP contribution is -2.48. The Balaban J connectivity index is 1.33. The predicted octanol–water partition coefficient (Wildman–Crippen LogP) is 5.99. The summed E-state index contributed by atoms with van der Waals surface area (Å²) >= 11 is 0. The van der Waals surface area contributed by atoms with Gasteiger partial charge in [0.05, 0.1) is 5.69 Å². The number of nitrogens with zero attached hydrogens (tertiary/aromatic N) is 3. The van der Waals surface area contributed by atoms with Crippen LogP contribution in [0.25, 0.3) is 6.08 Å². The second-order valence-electron chi connectivity index (χ2n) is 9.11. The lowest BCUT2D eigenvalue weighted by atomic mass is 10.1. The second kappa shape index (κ2) is 10.4. The van der Waals surface area contributed by atoms with Crippen molar-refractivity contribution in [1.29, 1.82) is 0 Å². The van der Waals surface area contributed by atoms with E-state index in [-0.39, 0.29) is 17.8 Å². The Morgan fingerprint density at radius 1 is 0.895 bits per heavy atom. The van der Waals surface area contributed by atoms with E-state index >= 15 is 0 Å². The van der Waals surface area contributed by atoms with Gasteiger partial charge in [0, 0.05) is 62.1 Å². The number of fused-ring (bicyclic) bond motifs is 1. The zero-order valence-electron chi connectivity index (χ0n) is 20.2. The van der Waals surface area contributed by atoms with Crippen molar-refractivity contribution in [2.75, 3.05) is 37.6 Å². The highest BCUT2D eigenvalue weighted by atomic mass is 19.4. The molecule has 2 aliphatic rings. The number of ether oxygens (including phenoxy) is 1. The average molecular weight is 530 g/mol. The number of para-hydroxylation sites is 1. The van der Waals surface area contributed by atoms with Crippen molar-refractivity contribution in [2.24, 2.45) is 0 Å². The van der Waals surface area contributed by atoms with Crippen LogP contribution in [0.5, 0.6) is 5.75 Å². The van der Waals surface area contributed by atoms with Crippen molar-refractivity contribution >= 4 is 23.4 Å². The molecule has 0 bridgehead atoms. The summed E-state index contributed by atoms with van der Waals surface area (Å²) in [5.74, 6) is -2.16. The minimum absolute atomic E-state index is 0.0758. The minimum atomic E-state index is -4.94. The summed E-state index contributed by atoms with van der Waals surface area (Å²) in [5, 5.41) is 0. The number of carbonyl (C=O) groups is 1. The third kappa shape index (κ3) is 5.65. The Hall–Kier alpha value is -3.92. The van der Waals surface area contributed by atoms with Crippen LogP contribution in [0.4, 0.5) is 33.3 Å². The third-order valence-electron chi connectivity index (χ3n) is 6.60. The van der Waals surface area contributed by atoms with Gasteiger partial charge in [0.1, 0.15) is 11.6 Å². The van der Waals surface area contributed by atoms with E-state index in [9.17, 15) is 26.7 Å². The van der Waals surface area contributed by atoms with E-state index in [1.54, 1.807) is 15.9 Å². The van der Waals surface area contributed by atoms with Crippen molar-refractivity contribution < 1.29 is 31.5 Å². The molecule has 2 heterocycles. The van der Waals surface area contributed by atoms with Crippen molar-refractivity contribution in [3.63, 3.8) is 0 Å². The molecule has 1 fully saturated rings. The normalized spacial score (nSPS) is 15.9. The van der Waals surface area contributed by atoms with Gasteiger partial charge in [-0.1, -0.05) is 36.4 Å². The quantitative estimate of drug-likeness (QED) is 0.381. The second-order valence-corrected chi connectivity index (χ2v) is 9.11. The molecule has 5 nitrogen and oxygen atoms in total. The maximum absolute atomic E-state index is 14.0. The average Bonchev–Trinajstić information content (AvgIpc) is 2.89. The van der Waals surface area contributed by atoms with Crippen molar-refractivity contribution in [1.82, 2.24) is 9.80 Å². The zero-order chi connectivity index (χ0) is 26.9. The molecule has 1 amide bonds. The molecular weight excluding hydrogens is 505 g/mol. The summed E-state index contributed by atoms with van der Waals surface area (Å²) in [6.07, 6.45) is -1.20. The number of alkyl halides is 3. The molecule has 0 spiro atoms. The molecule has 3 aromatic carbocycles. The standard InChI is InChI=1S/C28H24F5N3O2/c29-22-9-7-21(23(30)17-22)18-34-12-14-35(15-13-34)27(37)20-8-10-25(26(16-20)38-28(31,32)33)36-11-3-5-19-4-1-2-6-24(19)36/h1-10,16-17H,11-15,18H2. The Labute approximate surface area is 216 Å². The molecule has 38 heavy (non-hydrogen) atoms. The van der Waals surface area contributed by atoms with Crippen molar-refractivity contribution in [3.8, 4) is 5.75 Å². The molecule has 0 saturated carbocycles. The first-order valence-electron chi connectivity index (χ1n) is 12.1. The van der Waals surface area contributed by atoms with Gasteiger partial charge in [0.2, 0.25) is 0 Å². The van der Waals surface area contributed by atoms with Gasteiger partial charge < -0.3 is 14.5 Å². The van der Waals surface area contributed by atoms with Gasteiger partial charge in [0.25, 0.3) is 5.91 Å². The van der Waals surface area contributed by atoms with Gasteiger partial charge in [-0.3, -0.25) is 9.69 Å². The van der Waals surface area contributed by atoms with E-state index in [2.05, 4.69) is 4.74 Å². The fourth-order valence-corrected chi connectivity index (χ4v) is 4.74. The molecule has 5 rings (SSSR count). The molecule has 0 radical (unpaired) electrons. The SMILES string of the molecule is O=C(c1ccc(N2CC=Cc3ccccc32)c(OC(F)(F)F)c1)N1CCN(Cc2ccc(F)cc2F)CC1. The number of benzene rings is 3. The summed E-state index contributed by atoms with van der Waals surface area (Å²) in [6, 6.07) is 14.8. The number of piperazine rings is 1. The molecular formula is C28H24F5N3O2. The van der Waals surface area contributed by atoms with Crippen LogP contribution in [0.1, 0.15) is 21.5 Å². The van der Waals surface area contributed by atoms with Crippen LogP contribution < -0.4 is 9.64 Å². The number of hydrogen-bond donors (Lipinski definition) is 0. The number of amides is 1. The number of carbonyl (C=O) groups excluding carboxylic acids is 1. The number of halogens is 5. The highest BCUT2D eigenvalue weighted by molar-refractivity contribution is 5.96. The van der Waals surface area contributed by atoms with E-state index in [1.807, 2.05) is 35.3 Å². The van der Waals surface area contributed by atoms with Crippen molar-refractivity contribution in [3.05, 3.63) is 95.1 Å². The fourth-order valence-electron chi connectivity index (χ4n) is 4.74. The highest BCUT2D eigenvalue weighted by Crippen LogP contribution is 2.40. The molecule has 0 N–H and O–H groups in total. The van der Waals surface area contributed by atoms with Gasteiger partial charge in [-0.2, -0.15) is 0 Å². The Morgan fingerprint density at radius 2 is 1.66 bits per heavy atom. The van der Waals surface area contributed by atoms with E-state index in [0.717, 1.165) is 23.4 Å². The lowest BCUT2D eigenvalue weighted by molar-refractivity contribution is -0.274.